The first-order valence-corrected chi connectivity index (χ1v) is 27.7. The fraction of sp³-hybridized carbons (Fsp3) is 0.586. The van der Waals surface area contributed by atoms with Crippen LogP contribution in [-0.2, 0) is 32.7 Å². The minimum absolute atomic E-state index is 0.0458. The van der Waals surface area contributed by atoms with Gasteiger partial charge < -0.3 is 20.1 Å². The standard InChI is InChI=1S/C58H94NO8P/c1-3-5-7-9-11-12-13-14-15-16-17-18-19-20-21-22-23-24-25-26-27-28-29-30-31-32-33-34-35-36-37-38-39-40-41-42-43-44-45-47-49-51-58(61)67-56(55-66-68(62,63)65-53-52-59)54-64-57(60)50-48-46-10-8-6-4-2/h5,7,11-12,14-15,17-18,20-21,23-24,26-27,29-30,32-33,35-36,38-39,56H,3-4,6,8-10,13,16,19,22,25,28,31,34,37,40-55,59H2,1-2H3,(H,62,63)/b7-5-,12-11-,15-14-,18-17-,21-20-,24-23-,27-26-,30-29-,33-32-,36-35-,39-38-. The average molecular weight is 964 g/mol. The number of carbonyl (C=O) groups is 2. The summed E-state index contributed by atoms with van der Waals surface area (Å²) < 4.78 is 32.6. The lowest BCUT2D eigenvalue weighted by Gasteiger charge is -2.19. The molecule has 0 bridgehead atoms. The lowest BCUT2D eigenvalue weighted by Crippen LogP contribution is -2.29. The topological polar surface area (TPSA) is 134 Å². The van der Waals surface area contributed by atoms with Gasteiger partial charge >= 0.3 is 19.8 Å². The minimum Gasteiger partial charge on any atom is -0.462 e. The van der Waals surface area contributed by atoms with E-state index >= 15 is 0 Å². The predicted molar refractivity (Wildman–Crippen MR) is 288 cm³/mol. The number of esters is 2. The molecule has 0 rings (SSSR count). The Balaban J connectivity index is 3.92. The van der Waals surface area contributed by atoms with Gasteiger partial charge in [0.1, 0.15) is 6.61 Å². The van der Waals surface area contributed by atoms with Crippen LogP contribution < -0.4 is 5.73 Å². The Morgan fingerprint density at radius 1 is 0.456 bits per heavy atom. The fourth-order valence-corrected chi connectivity index (χ4v) is 7.23. The summed E-state index contributed by atoms with van der Waals surface area (Å²) in [6.45, 7) is 3.50. The Bertz CT molecular complexity index is 1570. The summed E-state index contributed by atoms with van der Waals surface area (Å²) in [5.41, 5.74) is 5.34. The van der Waals surface area contributed by atoms with E-state index in [1.165, 1.54) is 25.7 Å². The van der Waals surface area contributed by atoms with Gasteiger partial charge in [0.05, 0.1) is 13.2 Å². The van der Waals surface area contributed by atoms with Gasteiger partial charge in [0.25, 0.3) is 0 Å². The highest BCUT2D eigenvalue weighted by Crippen LogP contribution is 2.43. The van der Waals surface area contributed by atoms with Crippen molar-refractivity contribution in [1.29, 1.82) is 0 Å². The first kappa shape index (κ1) is 64.2. The zero-order valence-corrected chi connectivity index (χ0v) is 43.4. The van der Waals surface area contributed by atoms with Crippen molar-refractivity contribution in [3.63, 3.8) is 0 Å². The largest absolute Gasteiger partial charge is 0.472 e. The zero-order chi connectivity index (χ0) is 49.5. The third-order valence-electron chi connectivity index (χ3n) is 10.3. The molecule has 0 fully saturated rings. The summed E-state index contributed by atoms with van der Waals surface area (Å²) in [6, 6.07) is 0. The van der Waals surface area contributed by atoms with Crippen LogP contribution in [0.15, 0.2) is 134 Å². The maximum absolute atomic E-state index is 12.6. The molecule has 0 saturated heterocycles. The Morgan fingerprint density at radius 3 is 1.21 bits per heavy atom. The predicted octanol–water partition coefficient (Wildman–Crippen LogP) is 16.2. The molecule has 0 saturated carbocycles. The van der Waals surface area contributed by atoms with Crippen LogP contribution in [0.5, 0.6) is 0 Å². The number of allylic oxidation sites excluding steroid dienone is 22. The van der Waals surface area contributed by atoms with E-state index in [0.717, 1.165) is 128 Å². The number of nitrogens with two attached hydrogens (primary N) is 1. The van der Waals surface area contributed by atoms with Gasteiger partial charge in [-0.1, -0.05) is 212 Å². The molecule has 0 aliphatic heterocycles. The summed E-state index contributed by atoms with van der Waals surface area (Å²) in [6.07, 6.45) is 74.1. The van der Waals surface area contributed by atoms with E-state index in [4.69, 9.17) is 24.3 Å². The number of phosphoric ester groups is 1. The summed E-state index contributed by atoms with van der Waals surface area (Å²) in [5.74, 6) is -0.862. The summed E-state index contributed by atoms with van der Waals surface area (Å²) >= 11 is 0. The van der Waals surface area contributed by atoms with E-state index in [1.807, 2.05) is 0 Å². The number of carbonyl (C=O) groups excluding carboxylic acids is 2. The average Bonchev–Trinajstić information content (AvgIpc) is 3.33. The van der Waals surface area contributed by atoms with Gasteiger partial charge in [-0.25, -0.2) is 4.57 Å². The van der Waals surface area contributed by atoms with Crippen molar-refractivity contribution in [3.8, 4) is 0 Å². The van der Waals surface area contributed by atoms with Crippen LogP contribution in [0.3, 0.4) is 0 Å². The SMILES string of the molecule is CC/C=C\C/C=C\C/C=C\C/C=C\C/C=C\C/C=C\C/C=C\C/C=C\C/C=C\C/C=C\C/C=C\CCCCCCCCCC(=O)OC(COC(=O)CCCCCCCC)COP(=O)(O)OCCN. The summed E-state index contributed by atoms with van der Waals surface area (Å²) in [4.78, 5) is 34.7. The fourth-order valence-electron chi connectivity index (χ4n) is 6.46. The van der Waals surface area contributed by atoms with Crippen LogP contribution >= 0.6 is 7.82 Å². The highest BCUT2D eigenvalue weighted by atomic mass is 31.2. The third-order valence-corrected chi connectivity index (χ3v) is 11.3. The van der Waals surface area contributed by atoms with Gasteiger partial charge in [-0.3, -0.25) is 18.6 Å². The molecule has 0 radical (unpaired) electrons. The molecule has 2 unspecified atom stereocenters. The van der Waals surface area contributed by atoms with Crippen molar-refractivity contribution in [3.05, 3.63) is 134 Å². The molecule has 0 aromatic carbocycles. The molecular formula is C58H94NO8P. The molecule has 10 heteroatoms. The number of unbranched alkanes of at least 4 members (excludes halogenated alkanes) is 12. The Kier molecular flexibility index (Phi) is 49.5. The second kappa shape index (κ2) is 52.5. The first-order valence-electron chi connectivity index (χ1n) is 26.2. The second-order valence-electron chi connectivity index (χ2n) is 16.7. The number of phosphoric acid groups is 1. The monoisotopic (exact) mass is 964 g/mol. The van der Waals surface area contributed by atoms with E-state index in [-0.39, 0.29) is 32.6 Å². The smallest absolute Gasteiger partial charge is 0.462 e. The van der Waals surface area contributed by atoms with E-state index in [2.05, 4.69) is 148 Å². The van der Waals surface area contributed by atoms with Gasteiger partial charge in [0.15, 0.2) is 6.10 Å². The van der Waals surface area contributed by atoms with E-state index < -0.39 is 32.5 Å². The molecule has 0 amide bonds. The Morgan fingerprint density at radius 2 is 0.809 bits per heavy atom. The van der Waals surface area contributed by atoms with Gasteiger partial charge in [-0.15, -0.1) is 0 Å². The molecule has 0 spiro atoms. The molecule has 0 aromatic rings. The van der Waals surface area contributed by atoms with Crippen LogP contribution in [0.2, 0.25) is 0 Å². The molecule has 0 aromatic heterocycles. The van der Waals surface area contributed by atoms with E-state index in [9.17, 15) is 19.0 Å². The van der Waals surface area contributed by atoms with Crippen molar-refractivity contribution in [1.82, 2.24) is 0 Å². The molecule has 0 aliphatic rings. The highest BCUT2D eigenvalue weighted by Gasteiger charge is 2.26. The van der Waals surface area contributed by atoms with Gasteiger partial charge in [-0.2, -0.15) is 0 Å². The quantitative estimate of drug-likeness (QED) is 0.0265. The minimum atomic E-state index is -4.38. The van der Waals surface area contributed by atoms with Crippen molar-refractivity contribution >= 4 is 19.8 Å². The lowest BCUT2D eigenvalue weighted by atomic mass is 10.1. The number of rotatable bonds is 47. The number of hydrogen-bond donors (Lipinski definition) is 2. The van der Waals surface area contributed by atoms with Gasteiger partial charge in [0, 0.05) is 19.4 Å². The maximum atomic E-state index is 12.6. The van der Waals surface area contributed by atoms with E-state index in [1.54, 1.807) is 0 Å². The molecule has 0 aliphatic carbocycles. The van der Waals surface area contributed by atoms with Crippen molar-refractivity contribution in [2.24, 2.45) is 5.73 Å². The first-order chi connectivity index (χ1) is 33.3. The summed E-state index contributed by atoms with van der Waals surface area (Å²) in [7, 11) is -4.38. The maximum Gasteiger partial charge on any atom is 0.472 e. The molecule has 2 atom stereocenters. The number of ether oxygens (including phenoxy) is 2. The zero-order valence-electron chi connectivity index (χ0n) is 42.5. The Hall–Kier alpha value is -3.85. The van der Waals surface area contributed by atoms with Gasteiger partial charge in [-0.05, 0) is 96.3 Å². The number of hydrogen-bond acceptors (Lipinski definition) is 8. The van der Waals surface area contributed by atoms with Crippen LogP contribution in [0.1, 0.15) is 187 Å². The molecule has 9 nitrogen and oxygen atoms in total. The van der Waals surface area contributed by atoms with Crippen LogP contribution in [0.25, 0.3) is 0 Å². The lowest BCUT2D eigenvalue weighted by molar-refractivity contribution is -0.161. The van der Waals surface area contributed by atoms with E-state index in [0.29, 0.717) is 6.42 Å². The Labute approximate surface area is 414 Å². The normalized spacial score (nSPS) is 14.2. The molecule has 384 valence electrons. The molecule has 68 heavy (non-hydrogen) atoms. The van der Waals surface area contributed by atoms with Crippen LogP contribution in [-0.4, -0.2) is 49.3 Å². The van der Waals surface area contributed by atoms with Crippen molar-refractivity contribution < 1.29 is 37.6 Å². The van der Waals surface area contributed by atoms with Gasteiger partial charge in [0.2, 0.25) is 0 Å². The molecular weight excluding hydrogens is 870 g/mol. The molecule has 0 heterocycles. The second-order valence-corrected chi connectivity index (χ2v) is 18.1. The highest BCUT2D eigenvalue weighted by molar-refractivity contribution is 7.47. The van der Waals surface area contributed by atoms with Crippen LogP contribution in [0.4, 0.5) is 0 Å². The van der Waals surface area contributed by atoms with Crippen molar-refractivity contribution in [2.45, 2.75) is 193 Å². The van der Waals surface area contributed by atoms with Crippen LogP contribution in [0, 0.1) is 0 Å². The molecule has 3 N–H and O–H groups in total. The summed E-state index contributed by atoms with van der Waals surface area (Å²) in [5, 5.41) is 0. The van der Waals surface area contributed by atoms with Crippen molar-refractivity contribution in [2.75, 3.05) is 26.4 Å². The third kappa shape index (κ3) is 51.5.